The molecule has 3 aromatic heterocycles. The van der Waals surface area contributed by atoms with Crippen LogP contribution in [-0.4, -0.2) is 67.0 Å². The number of hydrogen-bond acceptors (Lipinski definition) is 6. The fourth-order valence-electron chi connectivity index (χ4n) is 3.94. The van der Waals surface area contributed by atoms with Crippen molar-refractivity contribution in [3.05, 3.63) is 31.0 Å². The van der Waals surface area contributed by atoms with Gasteiger partial charge in [-0.05, 0) is 25.2 Å². The van der Waals surface area contributed by atoms with Gasteiger partial charge in [-0.1, -0.05) is 11.9 Å². The number of rotatable bonds is 6. The van der Waals surface area contributed by atoms with E-state index < -0.39 is 24.2 Å². The van der Waals surface area contributed by atoms with Crippen molar-refractivity contribution in [3.8, 4) is 11.3 Å². The van der Waals surface area contributed by atoms with Crippen LogP contribution in [0.5, 0.6) is 0 Å². The third-order valence-electron chi connectivity index (χ3n) is 5.58. The number of fused-ring (bicyclic) bond motifs is 1. The van der Waals surface area contributed by atoms with E-state index in [1.54, 1.807) is 29.0 Å². The Morgan fingerprint density at radius 3 is 2.81 bits per heavy atom. The summed E-state index contributed by atoms with van der Waals surface area (Å²) in [6.07, 6.45) is 5.38. The minimum atomic E-state index is -4.45. The van der Waals surface area contributed by atoms with Crippen molar-refractivity contribution in [3.63, 3.8) is 0 Å². The van der Waals surface area contributed by atoms with Gasteiger partial charge in [0.05, 0.1) is 23.9 Å². The van der Waals surface area contributed by atoms with E-state index in [0.717, 1.165) is 10.9 Å². The number of carbonyl (C=O) groups excluding carboxylic acids is 1. The lowest BCUT2D eigenvalue weighted by atomic mass is 9.84. The zero-order valence-corrected chi connectivity index (χ0v) is 17.6. The summed E-state index contributed by atoms with van der Waals surface area (Å²) >= 11 is 1.61. The van der Waals surface area contributed by atoms with Crippen LogP contribution >= 0.6 is 11.9 Å². The second-order valence-electron chi connectivity index (χ2n) is 7.54. The minimum absolute atomic E-state index is 0.0737. The largest absolute Gasteiger partial charge is 0.405 e. The normalized spacial score (nSPS) is 17.2. The van der Waals surface area contributed by atoms with Crippen LogP contribution in [0, 0.1) is 0 Å². The number of aromatic nitrogens is 5. The SMILES string of the molecule is CSN1CCC(CC(=O)NCC(F)(F)F)(n2cc(-c3ncnc4[nH]ccc34)cn2)CC1. The molecule has 2 N–H and O–H groups in total. The number of carbonyl (C=O) groups is 1. The van der Waals surface area contributed by atoms with Crippen molar-refractivity contribution >= 4 is 28.9 Å². The molecule has 0 aliphatic carbocycles. The first-order valence-corrected chi connectivity index (χ1v) is 10.9. The van der Waals surface area contributed by atoms with Gasteiger partial charge < -0.3 is 10.3 Å². The van der Waals surface area contributed by atoms with Gasteiger partial charge in [0.15, 0.2) is 0 Å². The number of nitrogens with zero attached hydrogens (tertiary/aromatic N) is 5. The van der Waals surface area contributed by atoms with Crippen molar-refractivity contribution < 1.29 is 18.0 Å². The van der Waals surface area contributed by atoms with Crippen LogP contribution in [0.15, 0.2) is 31.0 Å². The fourth-order valence-corrected chi connectivity index (χ4v) is 4.49. The van der Waals surface area contributed by atoms with Gasteiger partial charge >= 0.3 is 6.18 Å². The van der Waals surface area contributed by atoms with Crippen molar-refractivity contribution in [1.82, 2.24) is 34.4 Å². The van der Waals surface area contributed by atoms with Crippen molar-refractivity contribution in [2.24, 2.45) is 0 Å². The van der Waals surface area contributed by atoms with E-state index in [0.29, 0.717) is 37.3 Å². The van der Waals surface area contributed by atoms with Crippen LogP contribution in [0.3, 0.4) is 0 Å². The first kappa shape index (κ1) is 21.6. The van der Waals surface area contributed by atoms with Gasteiger partial charge in [0.2, 0.25) is 5.91 Å². The zero-order chi connectivity index (χ0) is 22.1. The number of nitrogens with one attached hydrogen (secondary N) is 2. The van der Waals surface area contributed by atoms with Crippen LogP contribution < -0.4 is 5.32 Å². The quantitative estimate of drug-likeness (QED) is 0.558. The van der Waals surface area contributed by atoms with E-state index >= 15 is 0 Å². The molecule has 1 aliphatic heterocycles. The number of piperidine rings is 1. The Kier molecular flexibility index (Phi) is 5.93. The van der Waals surface area contributed by atoms with Crippen molar-refractivity contribution in [1.29, 1.82) is 0 Å². The smallest absolute Gasteiger partial charge is 0.347 e. The molecule has 12 heteroatoms. The van der Waals surface area contributed by atoms with E-state index in [2.05, 4.69) is 24.4 Å². The van der Waals surface area contributed by atoms with Crippen LogP contribution in [0.1, 0.15) is 19.3 Å². The molecular weight excluding hydrogens is 431 g/mol. The summed E-state index contributed by atoms with van der Waals surface area (Å²) in [6, 6.07) is 1.87. The van der Waals surface area contributed by atoms with Gasteiger partial charge in [0.1, 0.15) is 18.5 Å². The van der Waals surface area contributed by atoms with Crippen molar-refractivity contribution in [2.45, 2.75) is 31.0 Å². The van der Waals surface area contributed by atoms with E-state index in [9.17, 15) is 18.0 Å². The molecule has 31 heavy (non-hydrogen) atoms. The molecule has 1 saturated heterocycles. The Morgan fingerprint density at radius 1 is 1.32 bits per heavy atom. The third-order valence-corrected chi connectivity index (χ3v) is 6.46. The number of halogens is 3. The summed E-state index contributed by atoms with van der Waals surface area (Å²) in [4.78, 5) is 24.0. The molecule has 0 radical (unpaired) electrons. The first-order valence-electron chi connectivity index (χ1n) is 9.76. The lowest BCUT2D eigenvalue weighted by Crippen LogP contribution is -2.48. The average Bonchev–Trinajstić information content (AvgIpc) is 3.42. The Morgan fingerprint density at radius 2 is 2.10 bits per heavy atom. The van der Waals surface area contributed by atoms with E-state index in [1.165, 1.54) is 6.33 Å². The number of alkyl halides is 3. The zero-order valence-electron chi connectivity index (χ0n) is 16.8. The highest BCUT2D eigenvalue weighted by Crippen LogP contribution is 2.36. The van der Waals surface area contributed by atoms with Gasteiger partial charge in [-0.15, -0.1) is 0 Å². The van der Waals surface area contributed by atoms with Gasteiger partial charge in [0.25, 0.3) is 0 Å². The van der Waals surface area contributed by atoms with E-state index in [1.807, 2.05) is 23.8 Å². The molecule has 4 rings (SSSR count). The van der Waals surface area contributed by atoms with Crippen LogP contribution in [0.4, 0.5) is 13.2 Å². The number of hydrogen-bond donors (Lipinski definition) is 2. The maximum atomic E-state index is 12.5. The monoisotopic (exact) mass is 453 g/mol. The molecule has 3 aromatic rings. The number of amides is 1. The molecule has 4 heterocycles. The third kappa shape index (κ3) is 4.69. The fraction of sp³-hybridized carbons (Fsp3) is 0.474. The average molecular weight is 453 g/mol. The van der Waals surface area contributed by atoms with Crippen molar-refractivity contribution in [2.75, 3.05) is 25.9 Å². The Balaban J connectivity index is 1.62. The molecule has 0 bridgehead atoms. The lowest BCUT2D eigenvalue weighted by Gasteiger charge is -2.41. The van der Waals surface area contributed by atoms with Crippen LogP contribution in [0.25, 0.3) is 22.3 Å². The second kappa shape index (κ2) is 8.50. The summed E-state index contributed by atoms with van der Waals surface area (Å²) in [5.41, 5.74) is 1.46. The molecule has 1 fully saturated rings. The second-order valence-corrected chi connectivity index (χ2v) is 8.42. The summed E-state index contributed by atoms with van der Waals surface area (Å²) in [7, 11) is 0. The predicted molar refractivity (Wildman–Crippen MR) is 111 cm³/mol. The standard InChI is InChI=1S/C19H22F3N7OS/c1-31-28-6-3-18(4-7-28,8-15(30)24-11-19(20,21)22)29-10-13(9-27-29)16-14-2-5-23-17(14)26-12-25-16/h2,5,9-10,12H,3-4,6-8,11H2,1H3,(H,24,30)(H,23,25,26). The minimum Gasteiger partial charge on any atom is -0.347 e. The summed E-state index contributed by atoms with van der Waals surface area (Å²) < 4.78 is 41.5. The maximum Gasteiger partial charge on any atom is 0.405 e. The number of aromatic amines is 1. The molecule has 0 saturated carbocycles. The lowest BCUT2D eigenvalue weighted by molar-refractivity contribution is -0.140. The highest BCUT2D eigenvalue weighted by Gasteiger charge is 2.40. The highest BCUT2D eigenvalue weighted by atomic mass is 32.2. The molecule has 8 nitrogen and oxygen atoms in total. The summed E-state index contributed by atoms with van der Waals surface area (Å²) in [6.45, 7) is 0.0760. The molecule has 1 aliphatic rings. The number of H-pyrrole nitrogens is 1. The molecule has 1 amide bonds. The summed E-state index contributed by atoms with van der Waals surface area (Å²) in [5.74, 6) is -0.637. The van der Waals surface area contributed by atoms with Gasteiger partial charge in [-0.2, -0.15) is 18.3 Å². The molecule has 166 valence electrons. The Hall–Kier alpha value is -2.60. The van der Waals surface area contributed by atoms with Crippen LogP contribution in [-0.2, 0) is 10.3 Å². The van der Waals surface area contributed by atoms with E-state index in [-0.39, 0.29) is 6.42 Å². The van der Waals surface area contributed by atoms with E-state index in [4.69, 9.17) is 0 Å². The highest BCUT2D eigenvalue weighted by molar-refractivity contribution is 7.96. The molecule has 0 atom stereocenters. The van der Waals surface area contributed by atoms with Gasteiger partial charge in [-0.3, -0.25) is 13.8 Å². The molecule has 0 unspecified atom stereocenters. The maximum absolute atomic E-state index is 12.5. The Labute approximate surface area is 180 Å². The Bertz CT molecular complexity index is 1060. The van der Waals surface area contributed by atoms with Crippen LogP contribution in [0.2, 0.25) is 0 Å². The van der Waals surface area contributed by atoms with Gasteiger partial charge in [0, 0.05) is 36.4 Å². The molecule has 0 aromatic carbocycles. The summed E-state index contributed by atoms with van der Waals surface area (Å²) in [5, 5.41) is 7.35. The topological polar surface area (TPSA) is 91.7 Å². The van der Waals surface area contributed by atoms with Gasteiger partial charge in [-0.25, -0.2) is 9.97 Å². The first-order chi connectivity index (χ1) is 14.8. The molecular formula is C19H22F3N7OS. The molecule has 0 spiro atoms. The predicted octanol–water partition coefficient (Wildman–Crippen LogP) is 2.96.